The van der Waals surface area contributed by atoms with E-state index in [0.29, 0.717) is 12.5 Å². The van der Waals surface area contributed by atoms with Crippen molar-refractivity contribution in [3.63, 3.8) is 0 Å². The zero-order valence-corrected chi connectivity index (χ0v) is 9.87. The summed E-state index contributed by atoms with van der Waals surface area (Å²) >= 11 is 0. The van der Waals surface area contributed by atoms with Gasteiger partial charge in [-0.2, -0.15) is 0 Å². The Labute approximate surface area is 97.1 Å². The second-order valence-corrected chi connectivity index (χ2v) is 5.37. The molecule has 4 heteroatoms. The molecule has 5 N–H and O–H groups in total. The largest absolute Gasteiger partial charge is 0.351 e. The summed E-state index contributed by atoms with van der Waals surface area (Å²) in [6, 6.07) is 0.263. The number of nitrogens with two attached hydrogens (primary N) is 2. The first-order chi connectivity index (χ1) is 7.65. The van der Waals surface area contributed by atoms with Gasteiger partial charge in [-0.25, -0.2) is 0 Å². The van der Waals surface area contributed by atoms with Gasteiger partial charge in [0.25, 0.3) is 0 Å². The van der Waals surface area contributed by atoms with Crippen molar-refractivity contribution in [3.8, 4) is 0 Å². The second kappa shape index (κ2) is 4.72. The van der Waals surface area contributed by atoms with E-state index >= 15 is 0 Å². The Morgan fingerprint density at radius 2 is 1.94 bits per heavy atom. The molecule has 2 rings (SSSR count). The monoisotopic (exact) mass is 225 g/mol. The molecular formula is C12H23N3O. The maximum absolute atomic E-state index is 12.1. The minimum Gasteiger partial charge on any atom is -0.351 e. The summed E-state index contributed by atoms with van der Waals surface area (Å²) in [7, 11) is 0. The van der Waals surface area contributed by atoms with E-state index in [2.05, 4.69) is 5.32 Å². The first-order valence-electron chi connectivity index (χ1n) is 6.45. The third kappa shape index (κ3) is 2.23. The Kier molecular flexibility index (Phi) is 3.50. The maximum atomic E-state index is 12.1. The predicted molar refractivity (Wildman–Crippen MR) is 63.7 cm³/mol. The van der Waals surface area contributed by atoms with Crippen molar-refractivity contribution < 1.29 is 4.79 Å². The quantitative estimate of drug-likeness (QED) is 0.654. The number of rotatable bonds is 3. The Balaban J connectivity index is 1.91. The van der Waals surface area contributed by atoms with Crippen LogP contribution in [0.25, 0.3) is 0 Å². The highest BCUT2D eigenvalue weighted by Crippen LogP contribution is 2.29. The standard InChI is InChI=1S/C12H23N3O/c13-8-9-4-3-5-10(9)15-11(16)12(14)6-1-2-7-12/h9-10H,1-8,13-14H2,(H,15,16). The van der Waals surface area contributed by atoms with Crippen LogP contribution in [-0.2, 0) is 4.79 Å². The van der Waals surface area contributed by atoms with Crippen LogP contribution in [0.2, 0.25) is 0 Å². The third-order valence-electron chi connectivity index (χ3n) is 4.23. The van der Waals surface area contributed by atoms with Crippen LogP contribution in [0.1, 0.15) is 44.9 Å². The highest BCUT2D eigenvalue weighted by atomic mass is 16.2. The van der Waals surface area contributed by atoms with E-state index in [1.54, 1.807) is 0 Å². The molecular weight excluding hydrogens is 202 g/mol. The SMILES string of the molecule is NCC1CCCC1NC(=O)C1(N)CCCC1. The molecule has 2 aliphatic rings. The van der Waals surface area contributed by atoms with Crippen LogP contribution in [-0.4, -0.2) is 24.0 Å². The molecule has 0 radical (unpaired) electrons. The fourth-order valence-electron chi connectivity index (χ4n) is 3.05. The number of carbonyl (C=O) groups excluding carboxylic acids is 1. The molecule has 0 saturated heterocycles. The van der Waals surface area contributed by atoms with Gasteiger partial charge in [-0.05, 0) is 38.1 Å². The molecule has 2 atom stereocenters. The number of hydrogen-bond donors (Lipinski definition) is 3. The first-order valence-corrected chi connectivity index (χ1v) is 6.45. The maximum Gasteiger partial charge on any atom is 0.240 e. The average Bonchev–Trinajstić information content (AvgIpc) is 2.87. The number of hydrogen-bond acceptors (Lipinski definition) is 3. The molecule has 0 aromatic heterocycles. The summed E-state index contributed by atoms with van der Waals surface area (Å²) in [6.45, 7) is 0.669. The first kappa shape index (κ1) is 11.9. The van der Waals surface area contributed by atoms with Gasteiger partial charge in [0.2, 0.25) is 5.91 Å². The van der Waals surface area contributed by atoms with Crippen LogP contribution < -0.4 is 16.8 Å². The lowest BCUT2D eigenvalue weighted by Crippen LogP contribution is -2.55. The van der Waals surface area contributed by atoms with Crippen molar-refractivity contribution in [2.75, 3.05) is 6.54 Å². The molecule has 0 aromatic rings. The van der Waals surface area contributed by atoms with Gasteiger partial charge in [-0.15, -0.1) is 0 Å². The van der Waals surface area contributed by atoms with Crippen molar-refractivity contribution >= 4 is 5.91 Å². The number of carbonyl (C=O) groups is 1. The van der Waals surface area contributed by atoms with Crippen molar-refractivity contribution in [2.45, 2.75) is 56.5 Å². The molecule has 1 amide bonds. The van der Waals surface area contributed by atoms with E-state index in [1.165, 1.54) is 6.42 Å². The third-order valence-corrected chi connectivity index (χ3v) is 4.23. The van der Waals surface area contributed by atoms with Crippen molar-refractivity contribution in [2.24, 2.45) is 17.4 Å². The smallest absolute Gasteiger partial charge is 0.240 e. The summed E-state index contributed by atoms with van der Waals surface area (Å²) in [5, 5.41) is 3.12. The van der Waals surface area contributed by atoms with Crippen molar-refractivity contribution in [3.05, 3.63) is 0 Å². The molecule has 2 aliphatic carbocycles. The zero-order chi connectivity index (χ0) is 11.6. The summed E-state index contributed by atoms with van der Waals surface area (Å²) in [4.78, 5) is 12.1. The lowest BCUT2D eigenvalue weighted by atomic mass is 9.96. The lowest BCUT2D eigenvalue weighted by Gasteiger charge is -2.27. The van der Waals surface area contributed by atoms with Gasteiger partial charge in [-0.3, -0.25) is 4.79 Å². The van der Waals surface area contributed by atoms with Gasteiger partial charge in [0.05, 0.1) is 5.54 Å². The second-order valence-electron chi connectivity index (χ2n) is 5.37. The van der Waals surface area contributed by atoms with Crippen LogP contribution in [0.15, 0.2) is 0 Å². The molecule has 2 fully saturated rings. The molecule has 0 aromatic carbocycles. The molecule has 0 spiro atoms. The number of nitrogens with one attached hydrogen (secondary N) is 1. The number of amides is 1. The minimum absolute atomic E-state index is 0.0513. The Morgan fingerprint density at radius 3 is 2.56 bits per heavy atom. The van der Waals surface area contributed by atoms with Crippen molar-refractivity contribution in [1.29, 1.82) is 0 Å². The van der Waals surface area contributed by atoms with Crippen LogP contribution >= 0.6 is 0 Å². The van der Waals surface area contributed by atoms with Gasteiger partial charge in [0, 0.05) is 6.04 Å². The normalized spacial score (nSPS) is 32.9. The highest BCUT2D eigenvalue weighted by molar-refractivity contribution is 5.86. The van der Waals surface area contributed by atoms with Crippen LogP contribution in [0.3, 0.4) is 0 Å². The molecule has 16 heavy (non-hydrogen) atoms. The summed E-state index contributed by atoms with van der Waals surface area (Å²) < 4.78 is 0. The van der Waals surface area contributed by atoms with Gasteiger partial charge >= 0.3 is 0 Å². The van der Waals surface area contributed by atoms with E-state index in [9.17, 15) is 4.79 Å². The Hall–Kier alpha value is -0.610. The molecule has 0 aliphatic heterocycles. The topological polar surface area (TPSA) is 81.1 Å². The summed E-state index contributed by atoms with van der Waals surface area (Å²) in [5.41, 5.74) is 11.2. The predicted octanol–water partition coefficient (Wildman–Crippen LogP) is 0.502. The Bertz CT molecular complexity index is 261. The fourth-order valence-corrected chi connectivity index (χ4v) is 3.05. The van der Waals surface area contributed by atoms with Crippen LogP contribution in [0.5, 0.6) is 0 Å². The lowest BCUT2D eigenvalue weighted by molar-refractivity contribution is -0.127. The van der Waals surface area contributed by atoms with E-state index in [0.717, 1.165) is 38.5 Å². The summed E-state index contributed by atoms with van der Waals surface area (Å²) in [5.74, 6) is 0.504. The summed E-state index contributed by atoms with van der Waals surface area (Å²) in [6.07, 6.45) is 7.19. The highest BCUT2D eigenvalue weighted by Gasteiger charge is 2.39. The molecule has 0 bridgehead atoms. The van der Waals surface area contributed by atoms with Gasteiger partial charge in [0.15, 0.2) is 0 Å². The Morgan fingerprint density at radius 1 is 1.25 bits per heavy atom. The zero-order valence-electron chi connectivity index (χ0n) is 9.87. The molecule has 92 valence electrons. The van der Waals surface area contributed by atoms with E-state index in [-0.39, 0.29) is 11.9 Å². The molecule has 2 saturated carbocycles. The van der Waals surface area contributed by atoms with E-state index < -0.39 is 5.54 Å². The van der Waals surface area contributed by atoms with Crippen molar-refractivity contribution in [1.82, 2.24) is 5.32 Å². The van der Waals surface area contributed by atoms with Crippen LogP contribution in [0.4, 0.5) is 0 Å². The van der Waals surface area contributed by atoms with Gasteiger partial charge in [-0.1, -0.05) is 19.3 Å². The minimum atomic E-state index is -0.595. The fraction of sp³-hybridized carbons (Fsp3) is 0.917. The van der Waals surface area contributed by atoms with E-state index in [1.807, 2.05) is 0 Å². The molecule has 0 heterocycles. The van der Waals surface area contributed by atoms with E-state index in [4.69, 9.17) is 11.5 Å². The van der Waals surface area contributed by atoms with Gasteiger partial charge in [0.1, 0.15) is 0 Å². The molecule has 4 nitrogen and oxygen atoms in total. The average molecular weight is 225 g/mol. The van der Waals surface area contributed by atoms with Crippen LogP contribution in [0, 0.1) is 5.92 Å². The molecule has 2 unspecified atom stereocenters. The van der Waals surface area contributed by atoms with Gasteiger partial charge < -0.3 is 16.8 Å².